The van der Waals surface area contributed by atoms with Crippen LogP contribution >= 0.6 is 11.3 Å². The normalized spacial score (nSPS) is 15.0. The molecule has 0 radical (unpaired) electrons. The third-order valence-corrected chi connectivity index (χ3v) is 7.03. The molecule has 0 fully saturated rings. The van der Waals surface area contributed by atoms with E-state index >= 15 is 0 Å². The zero-order valence-corrected chi connectivity index (χ0v) is 19.4. The highest BCUT2D eigenvalue weighted by Crippen LogP contribution is 2.33. The highest BCUT2D eigenvalue weighted by molar-refractivity contribution is 7.18. The molecule has 2 N–H and O–H groups in total. The molecule has 0 aliphatic heterocycles. The number of hydrogen-bond donors (Lipinski definition) is 2. The van der Waals surface area contributed by atoms with Crippen molar-refractivity contribution in [3.63, 3.8) is 0 Å². The number of nitrogens with zero attached hydrogens (tertiary/aromatic N) is 1. The summed E-state index contributed by atoms with van der Waals surface area (Å²) in [6.07, 6.45) is 3.32. The van der Waals surface area contributed by atoms with Crippen molar-refractivity contribution in [3.05, 3.63) is 62.3 Å². The van der Waals surface area contributed by atoms with Gasteiger partial charge in [-0.25, -0.2) is 9.37 Å². The number of rotatable bonds is 7. The summed E-state index contributed by atoms with van der Waals surface area (Å²) in [5.41, 5.74) is 1.70. The monoisotopic (exact) mass is 471 g/mol. The number of halogens is 1. The van der Waals surface area contributed by atoms with Crippen molar-refractivity contribution in [2.75, 3.05) is 0 Å². The average molecular weight is 472 g/mol. The number of amides is 1. The van der Waals surface area contributed by atoms with Gasteiger partial charge in [0.05, 0.1) is 17.8 Å². The third-order valence-electron chi connectivity index (χ3n) is 5.85. The van der Waals surface area contributed by atoms with Gasteiger partial charge in [-0.2, -0.15) is 0 Å². The van der Waals surface area contributed by atoms with Crippen LogP contribution in [0.1, 0.15) is 61.0 Å². The number of H-pyrrole nitrogens is 1. The zero-order valence-electron chi connectivity index (χ0n) is 18.6. The fourth-order valence-electron chi connectivity index (χ4n) is 4.02. The molecule has 2 unspecified atom stereocenters. The van der Waals surface area contributed by atoms with Gasteiger partial charge in [0.2, 0.25) is 0 Å². The van der Waals surface area contributed by atoms with Crippen LogP contribution in [-0.4, -0.2) is 27.9 Å². The molecule has 1 aliphatic carbocycles. The van der Waals surface area contributed by atoms with E-state index in [0.29, 0.717) is 11.2 Å². The zero-order chi connectivity index (χ0) is 23.5. The number of nitrogens with one attached hydrogen (secondary N) is 2. The van der Waals surface area contributed by atoms with Gasteiger partial charge in [-0.05, 0) is 62.8 Å². The Kier molecular flexibility index (Phi) is 6.88. The Hall–Kier alpha value is -3.07. The number of fused-ring (bicyclic) bond motifs is 3. The molecule has 0 saturated carbocycles. The molecule has 174 valence electrons. The number of aryl methyl sites for hydroxylation is 3. The number of thiophene rings is 1. The van der Waals surface area contributed by atoms with E-state index in [1.54, 1.807) is 30.4 Å². The van der Waals surface area contributed by atoms with E-state index in [-0.39, 0.29) is 30.3 Å². The van der Waals surface area contributed by atoms with Gasteiger partial charge in [0.15, 0.2) is 6.10 Å². The van der Waals surface area contributed by atoms with Gasteiger partial charge in [0.25, 0.3) is 11.5 Å². The summed E-state index contributed by atoms with van der Waals surface area (Å²) in [6, 6.07) is 5.46. The summed E-state index contributed by atoms with van der Waals surface area (Å²) in [7, 11) is 0. The molecule has 0 saturated heterocycles. The Labute approximate surface area is 194 Å². The number of carbonyl (C=O) groups is 2. The number of carbonyl (C=O) groups excluding carboxylic acids is 2. The van der Waals surface area contributed by atoms with Gasteiger partial charge >= 0.3 is 5.97 Å². The lowest BCUT2D eigenvalue weighted by Crippen LogP contribution is -2.37. The van der Waals surface area contributed by atoms with Gasteiger partial charge in [0, 0.05) is 11.3 Å². The van der Waals surface area contributed by atoms with Crippen molar-refractivity contribution in [3.8, 4) is 0 Å². The summed E-state index contributed by atoms with van der Waals surface area (Å²) in [5, 5.41) is 3.43. The van der Waals surface area contributed by atoms with Crippen LogP contribution in [0.15, 0.2) is 29.1 Å². The van der Waals surface area contributed by atoms with Crippen LogP contribution in [0.3, 0.4) is 0 Å². The Morgan fingerprint density at radius 3 is 2.70 bits per heavy atom. The number of aromatic amines is 1. The molecule has 2 atom stereocenters. The van der Waals surface area contributed by atoms with E-state index in [0.717, 1.165) is 41.6 Å². The molecule has 1 aromatic carbocycles. The number of aromatic nitrogens is 2. The standard InChI is InChI=1S/C24H26FN3O4S/c1-13(15-7-9-16(25)10-8-15)26-22(30)14(2)32-20(29)12-11-19-27-23(31)21-17-5-3-4-6-18(17)33-24(21)28-19/h7-10,13-14H,3-6,11-12H2,1-2H3,(H,26,30)(H,27,28,31). The maximum Gasteiger partial charge on any atom is 0.307 e. The average Bonchev–Trinajstić information content (AvgIpc) is 3.17. The first-order valence-corrected chi connectivity index (χ1v) is 11.9. The second kappa shape index (κ2) is 9.82. The molecule has 2 aromatic heterocycles. The van der Waals surface area contributed by atoms with Gasteiger partial charge in [-0.15, -0.1) is 11.3 Å². The summed E-state index contributed by atoms with van der Waals surface area (Å²) in [5.74, 6) is -0.920. The van der Waals surface area contributed by atoms with E-state index in [1.165, 1.54) is 23.9 Å². The molecule has 1 amide bonds. The van der Waals surface area contributed by atoms with E-state index in [9.17, 15) is 18.8 Å². The molecule has 3 aromatic rings. The second-order valence-electron chi connectivity index (χ2n) is 8.32. The van der Waals surface area contributed by atoms with Crippen LogP contribution in [0.4, 0.5) is 4.39 Å². The minimum absolute atomic E-state index is 0.00925. The largest absolute Gasteiger partial charge is 0.453 e. The van der Waals surface area contributed by atoms with Crippen molar-refractivity contribution in [1.82, 2.24) is 15.3 Å². The lowest BCUT2D eigenvalue weighted by Gasteiger charge is -2.18. The SMILES string of the molecule is CC(OC(=O)CCc1nc2sc3c(c2c(=O)[nH]1)CCCC3)C(=O)NC(C)c1ccc(F)cc1. The maximum absolute atomic E-state index is 13.1. The lowest BCUT2D eigenvalue weighted by atomic mass is 9.97. The summed E-state index contributed by atoms with van der Waals surface area (Å²) >= 11 is 1.56. The first kappa shape index (κ1) is 23.1. The highest BCUT2D eigenvalue weighted by Gasteiger charge is 2.22. The smallest absolute Gasteiger partial charge is 0.307 e. The predicted octanol–water partition coefficient (Wildman–Crippen LogP) is 3.74. The van der Waals surface area contributed by atoms with Gasteiger partial charge in [-0.1, -0.05) is 12.1 Å². The van der Waals surface area contributed by atoms with E-state index in [4.69, 9.17) is 4.74 Å². The molecular formula is C24H26FN3O4S. The Morgan fingerprint density at radius 1 is 1.21 bits per heavy atom. The maximum atomic E-state index is 13.1. The quantitative estimate of drug-likeness (QED) is 0.511. The molecule has 2 heterocycles. The molecule has 0 bridgehead atoms. The van der Waals surface area contributed by atoms with Crippen LogP contribution in [-0.2, 0) is 33.6 Å². The highest BCUT2D eigenvalue weighted by atomic mass is 32.1. The van der Waals surface area contributed by atoms with Crippen LogP contribution < -0.4 is 10.9 Å². The van der Waals surface area contributed by atoms with Gasteiger partial charge in [0.1, 0.15) is 16.5 Å². The fraction of sp³-hybridized carbons (Fsp3) is 0.417. The third kappa shape index (κ3) is 5.30. The number of ether oxygens (including phenoxy) is 1. The van der Waals surface area contributed by atoms with Crippen molar-refractivity contribution >= 4 is 33.4 Å². The molecular weight excluding hydrogens is 445 g/mol. The predicted molar refractivity (Wildman–Crippen MR) is 124 cm³/mol. The number of esters is 1. The molecule has 4 rings (SSSR count). The minimum Gasteiger partial charge on any atom is -0.453 e. The Balaban J connectivity index is 1.32. The number of hydrogen-bond acceptors (Lipinski definition) is 6. The van der Waals surface area contributed by atoms with Crippen LogP contribution in [0.25, 0.3) is 10.2 Å². The molecule has 33 heavy (non-hydrogen) atoms. The lowest BCUT2D eigenvalue weighted by molar-refractivity contribution is -0.155. The topological polar surface area (TPSA) is 101 Å². The minimum atomic E-state index is -0.987. The fourth-order valence-corrected chi connectivity index (χ4v) is 5.30. The van der Waals surface area contributed by atoms with Crippen molar-refractivity contribution in [1.29, 1.82) is 0 Å². The van der Waals surface area contributed by atoms with E-state index in [1.807, 2.05) is 0 Å². The van der Waals surface area contributed by atoms with E-state index < -0.39 is 18.0 Å². The Morgan fingerprint density at radius 2 is 1.94 bits per heavy atom. The van der Waals surface area contributed by atoms with Crippen LogP contribution in [0, 0.1) is 5.82 Å². The van der Waals surface area contributed by atoms with Crippen LogP contribution in [0.2, 0.25) is 0 Å². The van der Waals surface area contributed by atoms with Gasteiger partial charge < -0.3 is 15.0 Å². The summed E-state index contributed by atoms with van der Waals surface area (Å²) in [6.45, 7) is 3.26. The summed E-state index contributed by atoms with van der Waals surface area (Å²) < 4.78 is 18.3. The van der Waals surface area contributed by atoms with Crippen molar-refractivity contribution in [2.24, 2.45) is 0 Å². The molecule has 0 spiro atoms. The first-order valence-electron chi connectivity index (χ1n) is 11.1. The Bertz CT molecular complexity index is 1230. The van der Waals surface area contributed by atoms with Gasteiger partial charge in [-0.3, -0.25) is 14.4 Å². The first-order chi connectivity index (χ1) is 15.8. The van der Waals surface area contributed by atoms with Crippen molar-refractivity contribution in [2.45, 2.75) is 64.5 Å². The number of benzene rings is 1. The molecule has 9 heteroatoms. The molecule has 1 aliphatic rings. The molecule has 7 nitrogen and oxygen atoms in total. The summed E-state index contributed by atoms with van der Waals surface area (Å²) in [4.78, 5) is 46.5. The van der Waals surface area contributed by atoms with Crippen molar-refractivity contribution < 1.29 is 18.7 Å². The van der Waals surface area contributed by atoms with Crippen LogP contribution in [0.5, 0.6) is 0 Å². The second-order valence-corrected chi connectivity index (χ2v) is 9.40. The van der Waals surface area contributed by atoms with E-state index in [2.05, 4.69) is 15.3 Å².